The van der Waals surface area contributed by atoms with Crippen molar-refractivity contribution in [3.05, 3.63) is 36.5 Å². The molecule has 1 N–H and O–H groups in total. The molecule has 0 aliphatic carbocycles. The number of nitrogens with zero attached hydrogens (tertiary/aromatic N) is 1. The average Bonchev–Trinajstić information content (AvgIpc) is 2.59. The maximum atomic E-state index is 11.8. The largest absolute Gasteiger partial charge is 0.489 e. The number of rotatable bonds is 5. The summed E-state index contributed by atoms with van der Waals surface area (Å²) >= 11 is 0. The van der Waals surface area contributed by atoms with E-state index >= 15 is 0 Å². The number of nitrogens with one attached hydrogen (secondary N) is 1. The van der Waals surface area contributed by atoms with E-state index < -0.39 is 6.10 Å². The van der Waals surface area contributed by atoms with E-state index in [-0.39, 0.29) is 5.91 Å². The van der Waals surface area contributed by atoms with Crippen molar-refractivity contribution in [3.63, 3.8) is 0 Å². The zero-order valence-electron chi connectivity index (χ0n) is 12.2. The van der Waals surface area contributed by atoms with Crippen LogP contribution in [0.2, 0.25) is 0 Å². The smallest absolute Gasteiger partial charge is 0.251 e. The highest BCUT2D eigenvalue weighted by Crippen LogP contribution is 2.22. The van der Waals surface area contributed by atoms with Gasteiger partial charge in [-0.15, -0.1) is 0 Å². The number of benzene rings is 1. The monoisotopic (exact) mass is 302 g/mol. The van der Waals surface area contributed by atoms with Crippen LogP contribution in [0.3, 0.4) is 0 Å². The maximum absolute atomic E-state index is 11.8. The number of ether oxygens (including phenoxy) is 3. The van der Waals surface area contributed by atoms with Gasteiger partial charge in [0.15, 0.2) is 6.10 Å². The fourth-order valence-corrected chi connectivity index (χ4v) is 2.28. The number of aromatic nitrogens is 1. The summed E-state index contributed by atoms with van der Waals surface area (Å²) < 4.78 is 16.2. The number of fused-ring (bicyclic) bond motifs is 1. The van der Waals surface area contributed by atoms with E-state index in [1.54, 1.807) is 6.20 Å². The van der Waals surface area contributed by atoms with Gasteiger partial charge in [-0.05, 0) is 12.1 Å². The zero-order chi connectivity index (χ0) is 15.2. The molecule has 22 heavy (non-hydrogen) atoms. The third-order valence-corrected chi connectivity index (χ3v) is 3.36. The van der Waals surface area contributed by atoms with Crippen molar-refractivity contribution < 1.29 is 19.0 Å². The molecule has 1 aromatic carbocycles. The van der Waals surface area contributed by atoms with Gasteiger partial charge in [0.2, 0.25) is 0 Å². The fourth-order valence-electron chi connectivity index (χ4n) is 2.28. The van der Waals surface area contributed by atoms with Crippen LogP contribution < -0.4 is 10.1 Å². The number of amides is 1. The summed E-state index contributed by atoms with van der Waals surface area (Å²) in [6.07, 6.45) is 1.21. The summed E-state index contributed by atoms with van der Waals surface area (Å²) in [5.41, 5.74) is 0.820. The Morgan fingerprint density at radius 3 is 3.09 bits per heavy atom. The minimum absolute atomic E-state index is 0.167. The van der Waals surface area contributed by atoms with E-state index in [1.807, 2.05) is 30.3 Å². The van der Waals surface area contributed by atoms with Gasteiger partial charge in [0.1, 0.15) is 17.9 Å². The van der Waals surface area contributed by atoms with Crippen LogP contribution in [-0.4, -0.2) is 50.0 Å². The van der Waals surface area contributed by atoms with Gasteiger partial charge in [-0.3, -0.25) is 9.78 Å². The molecule has 0 radical (unpaired) electrons. The topological polar surface area (TPSA) is 69.7 Å². The second-order valence-corrected chi connectivity index (χ2v) is 4.91. The Morgan fingerprint density at radius 1 is 1.32 bits per heavy atom. The van der Waals surface area contributed by atoms with E-state index in [0.29, 0.717) is 38.7 Å². The Bertz CT molecular complexity index is 636. The predicted octanol–water partition coefficient (Wildman–Crippen LogP) is 1.15. The van der Waals surface area contributed by atoms with E-state index in [1.165, 1.54) is 0 Å². The van der Waals surface area contributed by atoms with E-state index in [4.69, 9.17) is 14.2 Å². The van der Waals surface area contributed by atoms with E-state index in [0.717, 1.165) is 10.9 Å². The van der Waals surface area contributed by atoms with Crippen LogP contribution in [0.5, 0.6) is 5.75 Å². The summed E-state index contributed by atoms with van der Waals surface area (Å²) in [5, 5.41) is 3.81. The quantitative estimate of drug-likeness (QED) is 0.839. The SMILES string of the molecule is O=C(NCCOc1cccc2cccnc12)C1COCCO1. The van der Waals surface area contributed by atoms with Gasteiger partial charge in [0.05, 0.1) is 26.4 Å². The number of para-hydroxylation sites is 1. The van der Waals surface area contributed by atoms with Crippen LogP contribution in [0.15, 0.2) is 36.5 Å². The summed E-state index contributed by atoms with van der Waals surface area (Å²) in [6.45, 7) is 2.08. The van der Waals surface area contributed by atoms with Crippen molar-refractivity contribution in [3.8, 4) is 5.75 Å². The molecule has 6 nitrogen and oxygen atoms in total. The molecule has 2 aromatic rings. The molecule has 1 amide bonds. The molecule has 6 heteroatoms. The lowest BCUT2D eigenvalue weighted by Gasteiger charge is -2.22. The van der Waals surface area contributed by atoms with Gasteiger partial charge in [-0.25, -0.2) is 0 Å². The van der Waals surface area contributed by atoms with Crippen LogP contribution >= 0.6 is 0 Å². The molecule has 1 saturated heterocycles. The zero-order valence-corrected chi connectivity index (χ0v) is 12.2. The Balaban J connectivity index is 1.49. The molecule has 0 saturated carbocycles. The molecule has 1 aromatic heterocycles. The van der Waals surface area contributed by atoms with Crippen molar-refractivity contribution in [2.75, 3.05) is 33.0 Å². The second kappa shape index (κ2) is 7.20. The Labute approximate surface area is 128 Å². The minimum atomic E-state index is -0.520. The van der Waals surface area contributed by atoms with Crippen LogP contribution in [0.25, 0.3) is 10.9 Å². The van der Waals surface area contributed by atoms with E-state index in [9.17, 15) is 4.79 Å². The average molecular weight is 302 g/mol. The molecule has 2 heterocycles. The lowest BCUT2D eigenvalue weighted by atomic mass is 10.2. The Kier molecular flexibility index (Phi) is 4.82. The predicted molar refractivity (Wildman–Crippen MR) is 80.8 cm³/mol. The number of hydrogen-bond donors (Lipinski definition) is 1. The van der Waals surface area contributed by atoms with Gasteiger partial charge < -0.3 is 19.5 Å². The molecular weight excluding hydrogens is 284 g/mol. The molecule has 116 valence electrons. The van der Waals surface area contributed by atoms with Crippen LogP contribution in [0, 0.1) is 0 Å². The number of hydrogen-bond acceptors (Lipinski definition) is 5. The van der Waals surface area contributed by atoms with E-state index in [2.05, 4.69) is 10.3 Å². The highest BCUT2D eigenvalue weighted by atomic mass is 16.6. The van der Waals surface area contributed by atoms with Gasteiger partial charge in [-0.1, -0.05) is 18.2 Å². The molecule has 1 unspecified atom stereocenters. The number of carbonyl (C=O) groups is 1. The van der Waals surface area contributed by atoms with Gasteiger partial charge in [-0.2, -0.15) is 0 Å². The molecular formula is C16H18N2O4. The first-order chi connectivity index (χ1) is 10.8. The lowest BCUT2D eigenvalue weighted by Crippen LogP contribution is -2.43. The van der Waals surface area contributed by atoms with Gasteiger partial charge in [0, 0.05) is 11.6 Å². The highest BCUT2D eigenvalue weighted by molar-refractivity contribution is 5.84. The molecule has 1 aliphatic heterocycles. The molecule has 3 rings (SSSR count). The Morgan fingerprint density at radius 2 is 2.23 bits per heavy atom. The summed E-state index contributed by atoms with van der Waals surface area (Å²) in [4.78, 5) is 16.2. The normalized spacial score (nSPS) is 18.1. The molecule has 0 bridgehead atoms. The third-order valence-electron chi connectivity index (χ3n) is 3.36. The maximum Gasteiger partial charge on any atom is 0.251 e. The summed E-state index contributed by atoms with van der Waals surface area (Å²) in [6, 6.07) is 9.65. The standard InChI is InChI=1S/C16H18N2O4/c19-16(14-11-20-9-10-22-14)18-7-8-21-13-5-1-3-12-4-2-6-17-15(12)13/h1-6,14H,7-11H2,(H,18,19). The van der Waals surface area contributed by atoms with Crippen molar-refractivity contribution >= 4 is 16.8 Å². The van der Waals surface area contributed by atoms with Crippen molar-refractivity contribution in [2.45, 2.75) is 6.10 Å². The summed E-state index contributed by atoms with van der Waals surface area (Å²) in [7, 11) is 0. The first-order valence-corrected chi connectivity index (χ1v) is 7.28. The van der Waals surface area contributed by atoms with Crippen LogP contribution in [-0.2, 0) is 14.3 Å². The lowest BCUT2D eigenvalue weighted by molar-refractivity contribution is -0.147. The molecule has 1 aliphatic rings. The molecule has 1 atom stereocenters. The fraction of sp³-hybridized carbons (Fsp3) is 0.375. The van der Waals surface area contributed by atoms with Crippen LogP contribution in [0.1, 0.15) is 0 Å². The number of carbonyl (C=O) groups excluding carboxylic acids is 1. The summed E-state index contributed by atoms with van der Waals surface area (Å²) in [5.74, 6) is 0.545. The minimum Gasteiger partial charge on any atom is -0.489 e. The molecule has 1 fully saturated rings. The first-order valence-electron chi connectivity index (χ1n) is 7.28. The van der Waals surface area contributed by atoms with Crippen molar-refractivity contribution in [1.29, 1.82) is 0 Å². The second-order valence-electron chi connectivity index (χ2n) is 4.91. The van der Waals surface area contributed by atoms with Gasteiger partial charge in [0.25, 0.3) is 5.91 Å². The third kappa shape index (κ3) is 3.52. The Hall–Kier alpha value is -2.18. The first kappa shape index (κ1) is 14.7. The van der Waals surface area contributed by atoms with Crippen LogP contribution in [0.4, 0.5) is 0 Å². The van der Waals surface area contributed by atoms with Crippen molar-refractivity contribution in [1.82, 2.24) is 10.3 Å². The van der Waals surface area contributed by atoms with Crippen molar-refractivity contribution in [2.24, 2.45) is 0 Å². The number of pyridine rings is 1. The van der Waals surface area contributed by atoms with Gasteiger partial charge >= 0.3 is 0 Å². The molecule has 0 spiro atoms. The highest BCUT2D eigenvalue weighted by Gasteiger charge is 2.21.